The summed E-state index contributed by atoms with van der Waals surface area (Å²) in [5, 5.41) is 3.57. The smallest absolute Gasteiger partial charge is 0.237 e. The van der Waals surface area contributed by atoms with Crippen LogP contribution in [0.25, 0.3) is 0 Å². The summed E-state index contributed by atoms with van der Waals surface area (Å²) in [6.45, 7) is 4.26. The van der Waals surface area contributed by atoms with E-state index in [4.69, 9.17) is 11.6 Å². The molecule has 0 saturated carbocycles. The Morgan fingerprint density at radius 2 is 2.47 bits per heavy atom. The normalized spacial score (nSPS) is 21.3. The molecular formula is C12H16ClN3O. The van der Waals surface area contributed by atoms with Gasteiger partial charge in [0.05, 0.1) is 11.7 Å². The number of rotatable bonds is 3. The third-order valence-electron chi connectivity index (χ3n) is 2.97. The van der Waals surface area contributed by atoms with Crippen LogP contribution < -0.4 is 5.32 Å². The van der Waals surface area contributed by atoms with Crippen molar-refractivity contribution >= 4 is 17.5 Å². The first-order chi connectivity index (χ1) is 8.20. The van der Waals surface area contributed by atoms with Crippen LogP contribution in [-0.2, 0) is 11.3 Å². The molecule has 0 radical (unpaired) electrons. The van der Waals surface area contributed by atoms with E-state index in [-0.39, 0.29) is 11.9 Å². The van der Waals surface area contributed by atoms with Crippen LogP contribution in [0.5, 0.6) is 0 Å². The fourth-order valence-corrected chi connectivity index (χ4v) is 2.32. The van der Waals surface area contributed by atoms with E-state index in [1.54, 1.807) is 12.3 Å². The first-order valence-corrected chi connectivity index (χ1v) is 6.20. The fraction of sp³-hybridized carbons (Fsp3) is 0.500. The van der Waals surface area contributed by atoms with Gasteiger partial charge in [-0.2, -0.15) is 0 Å². The summed E-state index contributed by atoms with van der Waals surface area (Å²) in [5.74, 6) is 0.112. The first-order valence-electron chi connectivity index (χ1n) is 5.83. The lowest BCUT2D eigenvalue weighted by atomic mass is 10.1. The molecule has 0 aliphatic carbocycles. The minimum absolute atomic E-state index is 0.0514. The van der Waals surface area contributed by atoms with Crippen molar-refractivity contribution in [2.24, 2.45) is 0 Å². The first kappa shape index (κ1) is 12.3. The van der Waals surface area contributed by atoms with E-state index in [1.165, 1.54) is 0 Å². The molecule has 1 fully saturated rings. The maximum absolute atomic E-state index is 11.7. The Labute approximate surface area is 106 Å². The molecule has 0 aromatic carbocycles. The highest BCUT2D eigenvalue weighted by molar-refractivity contribution is 6.30. The Morgan fingerprint density at radius 3 is 3.18 bits per heavy atom. The zero-order chi connectivity index (χ0) is 12.3. The van der Waals surface area contributed by atoms with Crippen LogP contribution in [0.2, 0.25) is 5.02 Å². The SMILES string of the molecule is CCC1C(=O)NCCN1Cc1cc(Cl)ccn1. The predicted octanol–water partition coefficient (Wildman–Crippen LogP) is 1.45. The molecule has 4 nitrogen and oxygen atoms in total. The molecule has 2 heterocycles. The van der Waals surface area contributed by atoms with Gasteiger partial charge in [0.25, 0.3) is 0 Å². The van der Waals surface area contributed by atoms with Crippen molar-refractivity contribution in [1.82, 2.24) is 15.2 Å². The Morgan fingerprint density at radius 1 is 1.65 bits per heavy atom. The molecule has 1 atom stereocenters. The van der Waals surface area contributed by atoms with E-state index in [9.17, 15) is 4.79 Å². The van der Waals surface area contributed by atoms with Gasteiger partial charge in [0.1, 0.15) is 0 Å². The van der Waals surface area contributed by atoms with Crippen LogP contribution in [0.1, 0.15) is 19.0 Å². The maximum atomic E-state index is 11.7. The minimum atomic E-state index is -0.0514. The molecule has 1 saturated heterocycles. The number of hydrogen-bond donors (Lipinski definition) is 1. The molecule has 1 aliphatic rings. The Balaban J connectivity index is 2.09. The third kappa shape index (κ3) is 2.96. The minimum Gasteiger partial charge on any atom is -0.353 e. The van der Waals surface area contributed by atoms with Gasteiger partial charge in [-0.3, -0.25) is 14.7 Å². The molecule has 1 unspecified atom stereocenters. The Bertz CT molecular complexity index is 410. The van der Waals surface area contributed by atoms with E-state index in [1.807, 2.05) is 13.0 Å². The van der Waals surface area contributed by atoms with Crippen molar-refractivity contribution < 1.29 is 4.79 Å². The molecule has 1 aliphatic heterocycles. The highest BCUT2D eigenvalue weighted by Gasteiger charge is 2.27. The lowest BCUT2D eigenvalue weighted by Gasteiger charge is -2.34. The number of piperazine rings is 1. The average Bonchev–Trinajstić information content (AvgIpc) is 2.29. The molecule has 17 heavy (non-hydrogen) atoms. The van der Waals surface area contributed by atoms with Crippen LogP contribution in [0.15, 0.2) is 18.3 Å². The van der Waals surface area contributed by atoms with Gasteiger partial charge in [-0.15, -0.1) is 0 Å². The number of carbonyl (C=O) groups is 1. The van der Waals surface area contributed by atoms with Crippen LogP contribution in [0.4, 0.5) is 0 Å². The number of hydrogen-bond acceptors (Lipinski definition) is 3. The van der Waals surface area contributed by atoms with Crippen molar-refractivity contribution in [3.63, 3.8) is 0 Å². The zero-order valence-corrected chi connectivity index (χ0v) is 10.6. The van der Waals surface area contributed by atoms with Crippen LogP contribution >= 0.6 is 11.6 Å². The predicted molar refractivity (Wildman–Crippen MR) is 66.7 cm³/mol. The highest BCUT2D eigenvalue weighted by Crippen LogP contribution is 2.14. The maximum Gasteiger partial charge on any atom is 0.237 e. The van der Waals surface area contributed by atoms with Gasteiger partial charge >= 0.3 is 0 Å². The molecule has 1 amide bonds. The number of nitrogens with one attached hydrogen (secondary N) is 1. The van der Waals surface area contributed by atoms with E-state index < -0.39 is 0 Å². The van der Waals surface area contributed by atoms with Crippen molar-refractivity contribution in [2.45, 2.75) is 25.9 Å². The quantitative estimate of drug-likeness (QED) is 0.887. The van der Waals surface area contributed by atoms with Gasteiger partial charge in [0.2, 0.25) is 5.91 Å². The second-order valence-corrected chi connectivity index (χ2v) is 4.59. The van der Waals surface area contributed by atoms with Gasteiger partial charge in [0, 0.05) is 30.9 Å². The summed E-state index contributed by atoms with van der Waals surface area (Å²) in [5.41, 5.74) is 0.908. The summed E-state index contributed by atoms with van der Waals surface area (Å²) in [7, 11) is 0. The lowest BCUT2D eigenvalue weighted by molar-refractivity contribution is -0.129. The molecule has 1 aromatic heterocycles. The van der Waals surface area contributed by atoms with Gasteiger partial charge in [-0.1, -0.05) is 18.5 Å². The summed E-state index contributed by atoms with van der Waals surface area (Å²) in [6.07, 6.45) is 2.51. The van der Waals surface area contributed by atoms with Gasteiger partial charge in [0.15, 0.2) is 0 Å². The van der Waals surface area contributed by atoms with Crippen molar-refractivity contribution in [3.05, 3.63) is 29.0 Å². The van der Waals surface area contributed by atoms with E-state index in [0.717, 1.165) is 18.7 Å². The van der Waals surface area contributed by atoms with Crippen molar-refractivity contribution in [3.8, 4) is 0 Å². The monoisotopic (exact) mass is 253 g/mol. The van der Waals surface area contributed by atoms with Crippen LogP contribution in [0.3, 0.4) is 0 Å². The van der Waals surface area contributed by atoms with Gasteiger partial charge in [-0.05, 0) is 18.6 Å². The molecule has 0 spiro atoms. The van der Waals surface area contributed by atoms with E-state index in [0.29, 0.717) is 18.1 Å². The highest BCUT2D eigenvalue weighted by atomic mass is 35.5. The standard InChI is InChI=1S/C12H16ClN3O/c1-2-11-12(17)15-5-6-16(11)8-10-7-9(13)3-4-14-10/h3-4,7,11H,2,5-6,8H2,1H3,(H,15,17). The molecule has 0 bridgehead atoms. The number of halogens is 1. The molecular weight excluding hydrogens is 238 g/mol. The Hall–Kier alpha value is -1.13. The number of pyridine rings is 1. The van der Waals surface area contributed by atoms with Gasteiger partial charge < -0.3 is 5.32 Å². The third-order valence-corrected chi connectivity index (χ3v) is 3.21. The van der Waals surface area contributed by atoms with Crippen LogP contribution in [0, 0.1) is 0 Å². The lowest BCUT2D eigenvalue weighted by Crippen LogP contribution is -2.54. The molecule has 5 heteroatoms. The average molecular weight is 254 g/mol. The van der Waals surface area contributed by atoms with E-state index in [2.05, 4.69) is 15.2 Å². The summed E-state index contributed by atoms with van der Waals surface area (Å²) < 4.78 is 0. The number of nitrogens with zero attached hydrogens (tertiary/aromatic N) is 2. The summed E-state index contributed by atoms with van der Waals surface area (Å²) in [6, 6.07) is 3.55. The molecule has 2 rings (SSSR count). The number of amides is 1. The fourth-order valence-electron chi connectivity index (χ4n) is 2.14. The number of carbonyl (C=O) groups excluding carboxylic acids is 1. The van der Waals surface area contributed by atoms with Crippen molar-refractivity contribution in [2.75, 3.05) is 13.1 Å². The number of aromatic nitrogens is 1. The summed E-state index contributed by atoms with van der Waals surface area (Å²) in [4.78, 5) is 18.1. The largest absolute Gasteiger partial charge is 0.353 e. The van der Waals surface area contributed by atoms with E-state index >= 15 is 0 Å². The molecule has 92 valence electrons. The van der Waals surface area contributed by atoms with Crippen molar-refractivity contribution in [1.29, 1.82) is 0 Å². The van der Waals surface area contributed by atoms with Gasteiger partial charge in [-0.25, -0.2) is 0 Å². The molecule has 1 N–H and O–H groups in total. The molecule has 1 aromatic rings. The summed E-state index contributed by atoms with van der Waals surface area (Å²) >= 11 is 5.92. The zero-order valence-electron chi connectivity index (χ0n) is 9.82. The Kier molecular flexibility index (Phi) is 3.97. The second kappa shape index (κ2) is 5.47. The second-order valence-electron chi connectivity index (χ2n) is 4.15. The topological polar surface area (TPSA) is 45.2 Å². The van der Waals surface area contributed by atoms with Crippen LogP contribution in [-0.4, -0.2) is 34.9 Å².